The number of likely N-dealkylation sites (tertiary alicyclic amines) is 1. The number of benzene rings is 2. The van der Waals surface area contributed by atoms with Crippen LogP contribution >= 0.6 is 0 Å². The van der Waals surface area contributed by atoms with Crippen LogP contribution in [0.25, 0.3) is 0 Å². The Bertz CT molecular complexity index is 1310. The maximum Gasteiger partial charge on any atom is 0.243 e. The van der Waals surface area contributed by atoms with Crippen LogP contribution in [0.4, 0.5) is 0 Å². The second kappa shape index (κ2) is 12.1. The Morgan fingerprint density at radius 3 is 2.38 bits per heavy atom. The molecule has 4 rings (SSSR count). The van der Waals surface area contributed by atoms with Gasteiger partial charge in [0.15, 0.2) is 0 Å². The number of nitrogens with zero attached hydrogens (tertiary/aromatic N) is 3. The molecule has 1 atom stereocenters. The molecule has 9 nitrogen and oxygen atoms in total. The van der Waals surface area contributed by atoms with Gasteiger partial charge in [0.25, 0.3) is 0 Å². The molecular weight excluding hydrogens is 516 g/mol. The zero-order valence-electron chi connectivity index (χ0n) is 23.6. The van der Waals surface area contributed by atoms with E-state index in [4.69, 9.17) is 4.74 Å². The first-order valence-electron chi connectivity index (χ1n) is 13.5. The van der Waals surface area contributed by atoms with E-state index in [-0.39, 0.29) is 23.4 Å². The van der Waals surface area contributed by atoms with Gasteiger partial charge in [-0.1, -0.05) is 18.2 Å². The first-order chi connectivity index (χ1) is 18.5. The highest BCUT2D eigenvalue weighted by molar-refractivity contribution is 7.89. The minimum Gasteiger partial charge on any atom is -0.497 e. The number of hydrogen-bond donors (Lipinski definition) is 1. The Hall–Kier alpha value is -2.95. The number of ether oxygens (including phenoxy) is 1. The number of hydrogen-bond acceptors (Lipinski definition) is 6. The number of fused-ring (bicyclic) bond motifs is 1. The highest BCUT2D eigenvalue weighted by atomic mass is 32.2. The summed E-state index contributed by atoms with van der Waals surface area (Å²) in [5.74, 6) is -0.181. The van der Waals surface area contributed by atoms with Gasteiger partial charge in [0.1, 0.15) is 5.75 Å². The lowest BCUT2D eigenvalue weighted by molar-refractivity contribution is -0.133. The van der Waals surface area contributed by atoms with Crippen LogP contribution < -0.4 is 10.1 Å². The highest BCUT2D eigenvalue weighted by Gasteiger charge is 2.30. The van der Waals surface area contributed by atoms with Crippen LogP contribution in [0.2, 0.25) is 0 Å². The van der Waals surface area contributed by atoms with Crippen molar-refractivity contribution in [1.29, 1.82) is 0 Å². The van der Waals surface area contributed by atoms with Crippen molar-refractivity contribution in [3.63, 3.8) is 0 Å². The summed E-state index contributed by atoms with van der Waals surface area (Å²) in [5.41, 5.74) is 4.85. The maximum absolute atomic E-state index is 13.2. The van der Waals surface area contributed by atoms with Gasteiger partial charge in [0.2, 0.25) is 21.8 Å². The average molecular weight is 557 g/mol. The summed E-state index contributed by atoms with van der Waals surface area (Å²) in [5, 5.41) is 2.60. The van der Waals surface area contributed by atoms with E-state index in [9.17, 15) is 18.0 Å². The van der Waals surface area contributed by atoms with E-state index >= 15 is 0 Å². The Kier molecular flexibility index (Phi) is 8.98. The molecule has 0 saturated carbocycles. The molecule has 212 valence electrons. The second-order valence-electron chi connectivity index (χ2n) is 10.7. The number of carbonyl (C=O) groups is 2. The van der Waals surface area contributed by atoms with Gasteiger partial charge in [-0.25, -0.2) is 8.42 Å². The molecule has 0 spiro atoms. The quantitative estimate of drug-likeness (QED) is 0.483. The lowest BCUT2D eigenvalue weighted by atomic mass is 10.0. The van der Waals surface area contributed by atoms with Crippen LogP contribution in [0.15, 0.2) is 35.2 Å². The van der Waals surface area contributed by atoms with Gasteiger partial charge in [0.05, 0.1) is 31.1 Å². The van der Waals surface area contributed by atoms with Crippen molar-refractivity contribution in [3.8, 4) is 5.75 Å². The third-order valence-electron chi connectivity index (χ3n) is 7.86. The van der Waals surface area contributed by atoms with Crippen LogP contribution in [-0.2, 0) is 32.6 Å². The smallest absolute Gasteiger partial charge is 0.243 e. The van der Waals surface area contributed by atoms with Gasteiger partial charge in [-0.3, -0.25) is 14.5 Å². The highest BCUT2D eigenvalue weighted by Crippen LogP contribution is 2.36. The number of carbonyl (C=O) groups excluding carboxylic acids is 2. The molecule has 2 amide bonds. The van der Waals surface area contributed by atoms with Crippen molar-refractivity contribution in [2.75, 3.05) is 47.4 Å². The summed E-state index contributed by atoms with van der Waals surface area (Å²) in [6, 6.07) is 9.85. The number of likely N-dealkylation sites (N-methyl/N-ethyl adjacent to an activating group) is 2. The largest absolute Gasteiger partial charge is 0.497 e. The van der Waals surface area contributed by atoms with Crippen LogP contribution in [-0.4, -0.2) is 81.7 Å². The van der Waals surface area contributed by atoms with E-state index in [0.29, 0.717) is 16.9 Å². The minimum absolute atomic E-state index is 0.0330. The van der Waals surface area contributed by atoms with Crippen molar-refractivity contribution < 1.29 is 22.7 Å². The average Bonchev–Trinajstić information content (AvgIpc) is 3.55. The molecule has 1 unspecified atom stereocenters. The number of nitrogens with one attached hydrogen (secondary N) is 1. The molecule has 0 bridgehead atoms. The third kappa shape index (κ3) is 6.45. The summed E-state index contributed by atoms with van der Waals surface area (Å²) in [7, 11) is 0.731. The van der Waals surface area contributed by atoms with E-state index in [1.165, 1.54) is 43.7 Å². The molecule has 1 aliphatic carbocycles. The minimum atomic E-state index is -3.91. The first-order valence-corrected chi connectivity index (χ1v) is 14.9. The fraction of sp³-hybridized carbons (Fsp3) is 0.517. The zero-order valence-corrected chi connectivity index (χ0v) is 24.4. The number of aryl methyl sites for hydroxylation is 3. The maximum atomic E-state index is 13.2. The van der Waals surface area contributed by atoms with Gasteiger partial charge in [-0.05, 0) is 92.6 Å². The van der Waals surface area contributed by atoms with Crippen LogP contribution in [0, 0.1) is 13.8 Å². The molecule has 1 fully saturated rings. The molecule has 2 aliphatic rings. The Balaban J connectivity index is 1.32. The molecule has 1 saturated heterocycles. The number of sulfonamides is 1. The van der Waals surface area contributed by atoms with E-state index in [0.717, 1.165) is 36.8 Å². The molecule has 10 heteroatoms. The fourth-order valence-corrected chi connectivity index (χ4v) is 7.29. The molecule has 2 aromatic rings. The van der Waals surface area contributed by atoms with E-state index in [1.54, 1.807) is 37.9 Å². The van der Waals surface area contributed by atoms with Gasteiger partial charge in [-0.15, -0.1) is 0 Å². The summed E-state index contributed by atoms with van der Waals surface area (Å²) < 4.78 is 32.6. The predicted molar refractivity (Wildman–Crippen MR) is 150 cm³/mol. The van der Waals surface area contributed by atoms with Crippen LogP contribution in [0.3, 0.4) is 0 Å². The Morgan fingerprint density at radius 1 is 1.08 bits per heavy atom. The van der Waals surface area contributed by atoms with Crippen molar-refractivity contribution in [1.82, 2.24) is 19.4 Å². The van der Waals surface area contributed by atoms with Crippen LogP contribution in [0.1, 0.15) is 53.1 Å². The Morgan fingerprint density at radius 2 is 1.74 bits per heavy atom. The number of rotatable bonds is 10. The van der Waals surface area contributed by atoms with Gasteiger partial charge in [-0.2, -0.15) is 4.31 Å². The third-order valence-corrected chi connectivity index (χ3v) is 9.97. The standard InChI is InChI=1S/C29H40N4O5S/c1-20-14-24(38-5)15-21(2)29(20)39(36,37)31(3)19-27(34)30-17-28(35)32(4)26-11-9-23-16-22(8-10-25(23)26)18-33-12-6-7-13-33/h8,10,14-16,26H,6-7,9,11-13,17-19H2,1-5H3,(H,30,34). The molecule has 39 heavy (non-hydrogen) atoms. The fourth-order valence-electron chi connectivity index (χ4n) is 5.75. The Labute approximate surface area is 232 Å². The molecule has 1 heterocycles. The summed E-state index contributed by atoms with van der Waals surface area (Å²) in [4.78, 5) is 29.9. The molecule has 1 N–H and O–H groups in total. The molecule has 1 aliphatic heterocycles. The van der Waals surface area contributed by atoms with E-state index < -0.39 is 22.5 Å². The zero-order chi connectivity index (χ0) is 28.3. The summed E-state index contributed by atoms with van der Waals surface area (Å²) in [6.07, 6.45) is 4.31. The van der Waals surface area contributed by atoms with Gasteiger partial charge in [0, 0.05) is 20.6 Å². The topological polar surface area (TPSA) is 99.3 Å². The predicted octanol–water partition coefficient (Wildman–Crippen LogP) is 2.79. The van der Waals surface area contributed by atoms with Gasteiger partial charge < -0.3 is 15.0 Å². The van der Waals surface area contributed by atoms with Crippen molar-refractivity contribution >= 4 is 21.8 Å². The van der Waals surface area contributed by atoms with Crippen molar-refractivity contribution in [2.24, 2.45) is 0 Å². The number of amides is 2. The normalized spacial score (nSPS) is 17.3. The summed E-state index contributed by atoms with van der Waals surface area (Å²) >= 11 is 0. The summed E-state index contributed by atoms with van der Waals surface area (Å²) in [6.45, 7) is 6.09. The number of methoxy groups -OCH3 is 1. The van der Waals surface area contributed by atoms with Gasteiger partial charge >= 0.3 is 0 Å². The molecule has 0 radical (unpaired) electrons. The second-order valence-corrected chi connectivity index (χ2v) is 12.7. The van der Waals surface area contributed by atoms with E-state index in [2.05, 4.69) is 28.4 Å². The van der Waals surface area contributed by atoms with E-state index in [1.807, 2.05) is 0 Å². The lowest BCUT2D eigenvalue weighted by Crippen LogP contribution is -2.43. The van der Waals surface area contributed by atoms with Crippen molar-refractivity contribution in [3.05, 3.63) is 58.1 Å². The monoisotopic (exact) mass is 556 g/mol. The molecular formula is C29H40N4O5S. The van der Waals surface area contributed by atoms with Crippen molar-refractivity contribution in [2.45, 2.75) is 57.0 Å². The molecule has 2 aromatic carbocycles. The van der Waals surface area contributed by atoms with Crippen LogP contribution in [0.5, 0.6) is 5.75 Å². The molecule has 0 aromatic heterocycles. The lowest BCUT2D eigenvalue weighted by Gasteiger charge is -2.26. The SMILES string of the molecule is COc1cc(C)c(S(=O)(=O)N(C)CC(=O)NCC(=O)N(C)C2CCc3cc(CN4CCCC4)ccc32)c(C)c1. The first kappa shape index (κ1) is 29.0.